The maximum Gasteiger partial charge on any atom is 0.232 e. The van der Waals surface area contributed by atoms with Gasteiger partial charge >= 0.3 is 0 Å². The zero-order valence-corrected chi connectivity index (χ0v) is 15.3. The fourth-order valence-corrected chi connectivity index (χ4v) is 2.31. The highest BCUT2D eigenvalue weighted by Gasteiger charge is 2.21. The van der Waals surface area contributed by atoms with Crippen molar-refractivity contribution in [2.24, 2.45) is 0 Å². The Labute approximate surface area is 148 Å². The zero-order valence-electron chi connectivity index (χ0n) is 15.3. The number of rotatable bonds is 7. The number of carbonyl (C=O) groups is 2. The van der Waals surface area contributed by atoms with E-state index in [1.807, 2.05) is 45.9 Å². The van der Waals surface area contributed by atoms with Crippen molar-refractivity contribution in [1.82, 2.24) is 15.5 Å². The SMILES string of the molecule is Cc1ccccc1C(=O)CCC(=O)NCCc1noc(C(C)(C)C)n1. The molecule has 0 aliphatic carbocycles. The van der Waals surface area contributed by atoms with Gasteiger partial charge in [0.05, 0.1) is 0 Å². The van der Waals surface area contributed by atoms with Crippen LogP contribution in [0, 0.1) is 6.92 Å². The van der Waals surface area contributed by atoms with E-state index in [1.54, 1.807) is 6.07 Å². The molecule has 0 fully saturated rings. The van der Waals surface area contributed by atoms with Gasteiger partial charge in [0.15, 0.2) is 11.6 Å². The summed E-state index contributed by atoms with van der Waals surface area (Å²) < 4.78 is 5.21. The molecule has 134 valence electrons. The lowest BCUT2D eigenvalue weighted by Gasteiger charge is -2.10. The van der Waals surface area contributed by atoms with Crippen LogP contribution >= 0.6 is 0 Å². The second kappa shape index (κ2) is 8.05. The first-order chi connectivity index (χ1) is 11.8. The van der Waals surface area contributed by atoms with Gasteiger partial charge in [-0.3, -0.25) is 9.59 Å². The van der Waals surface area contributed by atoms with Crippen LogP contribution in [-0.4, -0.2) is 28.4 Å². The predicted octanol–water partition coefficient (Wildman–Crippen LogP) is 3.00. The highest BCUT2D eigenvalue weighted by Crippen LogP contribution is 2.19. The molecule has 1 amide bonds. The molecule has 6 heteroatoms. The van der Waals surface area contributed by atoms with E-state index in [4.69, 9.17) is 4.52 Å². The lowest BCUT2D eigenvalue weighted by atomic mass is 9.97. The third-order valence-corrected chi connectivity index (χ3v) is 3.81. The van der Waals surface area contributed by atoms with Crippen molar-refractivity contribution in [3.63, 3.8) is 0 Å². The molecule has 6 nitrogen and oxygen atoms in total. The van der Waals surface area contributed by atoms with Gasteiger partial charge in [-0.15, -0.1) is 0 Å². The number of carbonyl (C=O) groups excluding carboxylic acids is 2. The number of Topliss-reactive ketones (excluding diaryl/α,β-unsaturated/α-hetero) is 1. The third kappa shape index (κ3) is 5.52. The summed E-state index contributed by atoms with van der Waals surface area (Å²) in [6, 6.07) is 7.40. The second-order valence-corrected chi connectivity index (χ2v) is 7.10. The number of amides is 1. The predicted molar refractivity (Wildman–Crippen MR) is 94.5 cm³/mol. The average Bonchev–Trinajstić information content (AvgIpc) is 3.02. The van der Waals surface area contributed by atoms with Crippen LogP contribution < -0.4 is 5.32 Å². The van der Waals surface area contributed by atoms with Gasteiger partial charge < -0.3 is 9.84 Å². The minimum atomic E-state index is -0.190. The number of ketones is 1. The van der Waals surface area contributed by atoms with Crippen LogP contribution in [0.4, 0.5) is 0 Å². The quantitative estimate of drug-likeness (QED) is 0.781. The van der Waals surface area contributed by atoms with Crippen LogP contribution in [0.15, 0.2) is 28.8 Å². The molecule has 1 aromatic carbocycles. The van der Waals surface area contributed by atoms with Crippen LogP contribution in [0.25, 0.3) is 0 Å². The van der Waals surface area contributed by atoms with Gasteiger partial charge in [0.2, 0.25) is 11.8 Å². The molecule has 25 heavy (non-hydrogen) atoms. The molecule has 0 spiro atoms. The Balaban J connectivity index is 1.73. The fraction of sp³-hybridized carbons (Fsp3) is 0.474. The summed E-state index contributed by atoms with van der Waals surface area (Å²) in [4.78, 5) is 28.4. The lowest BCUT2D eigenvalue weighted by molar-refractivity contribution is -0.121. The molecular weight excluding hydrogens is 318 g/mol. The van der Waals surface area contributed by atoms with E-state index < -0.39 is 0 Å². The van der Waals surface area contributed by atoms with Crippen molar-refractivity contribution < 1.29 is 14.1 Å². The number of aromatic nitrogens is 2. The maximum absolute atomic E-state index is 12.1. The summed E-state index contributed by atoms with van der Waals surface area (Å²) in [7, 11) is 0. The smallest absolute Gasteiger partial charge is 0.232 e. The van der Waals surface area contributed by atoms with E-state index in [0.717, 1.165) is 5.56 Å². The third-order valence-electron chi connectivity index (χ3n) is 3.81. The topological polar surface area (TPSA) is 85.1 Å². The van der Waals surface area contributed by atoms with E-state index in [2.05, 4.69) is 15.5 Å². The Morgan fingerprint density at radius 3 is 2.52 bits per heavy atom. The number of hydrogen-bond acceptors (Lipinski definition) is 5. The molecule has 2 aromatic rings. The molecular formula is C19H25N3O3. The van der Waals surface area contributed by atoms with Crippen LogP contribution in [0.5, 0.6) is 0 Å². The first-order valence-electron chi connectivity index (χ1n) is 8.46. The first-order valence-corrected chi connectivity index (χ1v) is 8.46. The highest BCUT2D eigenvalue weighted by atomic mass is 16.5. The van der Waals surface area contributed by atoms with Crippen LogP contribution in [0.3, 0.4) is 0 Å². The molecule has 2 rings (SSSR count). The van der Waals surface area contributed by atoms with Gasteiger partial charge in [-0.25, -0.2) is 0 Å². The Morgan fingerprint density at radius 2 is 1.88 bits per heavy atom. The number of hydrogen-bond donors (Lipinski definition) is 1. The Bertz CT molecular complexity index is 744. The fourth-order valence-electron chi connectivity index (χ4n) is 2.31. The van der Waals surface area contributed by atoms with Crippen LogP contribution in [-0.2, 0) is 16.6 Å². The van der Waals surface area contributed by atoms with Gasteiger partial charge in [0.25, 0.3) is 0 Å². The van der Waals surface area contributed by atoms with Gasteiger partial charge in [0, 0.05) is 36.8 Å². The summed E-state index contributed by atoms with van der Waals surface area (Å²) in [5.74, 6) is 0.988. The van der Waals surface area contributed by atoms with Gasteiger partial charge in [-0.05, 0) is 12.5 Å². The van der Waals surface area contributed by atoms with Crippen molar-refractivity contribution in [3.8, 4) is 0 Å². The number of nitrogens with zero attached hydrogens (tertiary/aromatic N) is 2. The normalized spacial score (nSPS) is 11.4. The van der Waals surface area contributed by atoms with Crippen molar-refractivity contribution >= 4 is 11.7 Å². The second-order valence-electron chi connectivity index (χ2n) is 7.10. The lowest BCUT2D eigenvalue weighted by Crippen LogP contribution is -2.26. The van der Waals surface area contributed by atoms with Gasteiger partial charge in [0.1, 0.15) is 0 Å². The minimum Gasteiger partial charge on any atom is -0.356 e. The molecule has 0 saturated heterocycles. The van der Waals surface area contributed by atoms with Gasteiger partial charge in [-0.1, -0.05) is 50.2 Å². The molecule has 0 radical (unpaired) electrons. The van der Waals surface area contributed by atoms with Crippen molar-refractivity contribution in [1.29, 1.82) is 0 Å². The van der Waals surface area contributed by atoms with Crippen LogP contribution in [0.2, 0.25) is 0 Å². The summed E-state index contributed by atoms with van der Waals surface area (Å²) in [5.41, 5.74) is 1.42. The Morgan fingerprint density at radius 1 is 1.16 bits per heavy atom. The standard InChI is InChI=1S/C19H25N3O3/c1-13-7-5-6-8-14(13)15(23)9-10-17(24)20-12-11-16-21-18(25-22-16)19(2,3)4/h5-8H,9-12H2,1-4H3,(H,20,24). The summed E-state index contributed by atoms with van der Waals surface area (Å²) in [5, 5.41) is 6.70. The molecule has 0 aliphatic rings. The summed E-state index contributed by atoms with van der Waals surface area (Å²) >= 11 is 0. The van der Waals surface area contributed by atoms with E-state index in [9.17, 15) is 9.59 Å². The van der Waals surface area contributed by atoms with E-state index >= 15 is 0 Å². The van der Waals surface area contributed by atoms with Crippen LogP contribution in [0.1, 0.15) is 61.2 Å². The molecule has 0 atom stereocenters. The molecule has 0 aliphatic heterocycles. The molecule has 1 aromatic heterocycles. The maximum atomic E-state index is 12.1. The minimum absolute atomic E-state index is 0.0127. The van der Waals surface area contributed by atoms with Crippen molar-refractivity contribution in [2.75, 3.05) is 6.54 Å². The van der Waals surface area contributed by atoms with Crippen molar-refractivity contribution in [3.05, 3.63) is 47.1 Å². The molecule has 1 heterocycles. The van der Waals surface area contributed by atoms with E-state index in [0.29, 0.717) is 30.2 Å². The first kappa shape index (κ1) is 18.8. The molecule has 1 N–H and O–H groups in total. The zero-order chi connectivity index (χ0) is 18.4. The van der Waals surface area contributed by atoms with Gasteiger partial charge in [-0.2, -0.15) is 4.98 Å². The van der Waals surface area contributed by atoms with E-state index in [-0.39, 0.29) is 29.9 Å². The number of nitrogens with one attached hydrogen (secondary N) is 1. The Hall–Kier alpha value is -2.50. The number of aryl methyl sites for hydroxylation is 1. The largest absolute Gasteiger partial charge is 0.356 e. The molecule has 0 unspecified atom stereocenters. The summed E-state index contributed by atoms with van der Waals surface area (Å²) in [6.45, 7) is 8.30. The molecule has 0 saturated carbocycles. The monoisotopic (exact) mass is 343 g/mol. The highest BCUT2D eigenvalue weighted by molar-refractivity contribution is 5.99. The van der Waals surface area contributed by atoms with Crippen molar-refractivity contribution in [2.45, 2.75) is 52.4 Å². The Kier molecular flexibility index (Phi) is 6.07. The number of benzene rings is 1. The average molecular weight is 343 g/mol. The summed E-state index contributed by atoms with van der Waals surface area (Å²) in [6.07, 6.45) is 0.872. The van der Waals surface area contributed by atoms with E-state index in [1.165, 1.54) is 0 Å². The molecule has 0 bridgehead atoms.